The molecule has 8 nitrogen and oxygen atoms in total. The van der Waals surface area contributed by atoms with Gasteiger partial charge in [-0.25, -0.2) is 4.79 Å². The van der Waals surface area contributed by atoms with Crippen LogP contribution in [-0.4, -0.2) is 41.0 Å². The summed E-state index contributed by atoms with van der Waals surface area (Å²) < 4.78 is 2.26. The first-order valence-electron chi connectivity index (χ1n) is 4.70. The number of hydrogen-bond acceptors (Lipinski definition) is 5. The fourth-order valence-corrected chi connectivity index (χ4v) is 1.48. The molecule has 0 aromatic carbocycles. The first kappa shape index (κ1) is 9.46. The number of pyridine rings is 1. The van der Waals surface area contributed by atoms with Crippen molar-refractivity contribution in [1.29, 1.82) is 0 Å². The first-order chi connectivity index (χ1) is 8.25. The van der Waals surface area contributed by atoms with Crippen molar-refractivity contribution >= 4 is 17.1 Å². The van der Waals surface area contributed by atoms with Crippen molar-refractivity contribution in [3.63, 3.8) is 0 Å². The van der Waals surface area contributed by atoms with Gasteiger partial charge >= 0.3 is 6.09 Å². The summed E-state index contributed by atoms with van der Waals surface area (Å²) in [5, 5.41) is 20.4. The summed E-state index contributed by atoms with van der Waals surface area (Å²) in [5.41, 5.74) is 1.34. The average molecular weight is 230 g/mol. The fraction of sp³-hybridized carbons (Fsp3) is 0. The van der Waals surface area contributed by atoms with Crippen LogP contribution in [0.2, 0.25) is 0 Å². The van der Waals surface area contributed by atoms with Gasteiger partial charge in [0.25, 0.3) is 0 Å². The molecule has 0 saturated heterocycles. The minimum absolute atomic E-state index is 0.390. The molecular weight excluding hydrogens is 224 g/mol. The largest absolute Gasteiger partial charge is 0.463 e. The highest BCUT2D eigenvalue weighted by Gasteiger charge is 2.10. The van der Waals surface area contributed by atoms with Crippen LogP contribution in [-0.2, 0) is 0 Å². The SMILES string of the molecule is O=C(O)n1ccc(-n2nnc3cnccc32)n1. The van der Waals surface area contributed by atoms with Crippen LogP contribution in [0, 0.1) is 0 Å². The standard InChI is InChI=1S/C9H6N6O2/c16-9(17)14-4-2-8(12-14)15-7-1-3-10-5-6(7)11-13-15/h1-5H,(H,16,17). The molecule has 0 aliphatic carbocycles. The highest BCUT2D eigenvalue weighted by Crippen LogP contribution is 2.12. The lowest BCUT2D eigenvalue weighted by Gasteiger charge is -1.95. The maximum Gasteiger partial charge on any atom is 0.432 e. The molecule has 8 heteroatoms. The Morgan fingerprint density at radius 2 is 2.24 bits per heavy atom. The predicted molar refractivity (Wildman–Crippen MR) is 55.9 cm³/mol. The Balaban J connectivity index is 2.17. The molecule has 0 amide bonds. The van der Waals surface area contributed by atoms with E-state index in [-0.39, 0.29) is 0 Å². The fourth-order valence-electron chi connectivity index (χ4n) is 1.48. The van der Waals surface area contributed by atoms with E-state index >= 15 is 0 Å². The Hall–Kier alpha value is -2.77. The van der Waals surface area contributed by atoms with Gasteiger partial charge in [-0.2, -0.15) is 9.36 Å². The minimum Gasteiger partial charge on any atom is -0.463 e. The summed E-state index contributed by atoms with van der Waals surface area (Å²) in [7, 11) is 0. The molecule has 0 spiro atoms. The smallest absolute Gasteiger partial charge is 0.432 e. The summed E-state index contributed by atoms with van der Waals surface area (Å²) in [6, 6.07) is 3.28. The van der Waals surface area contributed by atoms with Gasteiger partial charge in [-0.05, 0) is 6.07 Å². The molecule has 1 N–H and O–H groups in total. The van der Waals surface area contributed by atoms with Crippen molar-refractivity contribution in [3.8, 4) is 5.82 Å². The number of nitrogens with zero attached hydrogens (tertiary/aromatic N) is 6. The van der Waals surface area contributed by atoms with Crippen molar-refractivity contribution in [2.75, 3.05) is 0 Å². The molecule has 17 heavy (non-hydrogen) atoms. The van der Waals surface area contributed by atoms with Gasteiger partial charge in [0.05, 0.1) is 11.7 Å². The van der Waals surface area contributed by atoms with Gasteiger partial charge in [-0.1, -0.05) is 5.21 Å². The summed E-state index contributed by atoms with van der Waals surface area (Å²) in [6.45, 7) is 0. The van der Waals surface area contributed by atoms with E-state index in [0.29, 0.717) is 11.3 Å². The van der Waals surface area contributed by atoms with Crippen LogP contribution >= 0.6 is 0 Å². The van der Waals surface area contributed by atoms with E-state index in [2.05, 4.69) is 20.4 Å². The van der Waals surface area contributed by atoms with Crippen LogP contribution in [0.3, 0.4) is 0 Å². The normalized spacial score (nSPS) is 10.8. The molecule has 3 aromatic heterocycles. The van der Waals surface area contributed by atoms with Gasteiger partial charge in [-0.15, -0.1) is 10.2 Å². The third kappa shape index (κ3) is 1.42. The molecular formula is C9H6N6O2. The number of aromatic nitrogens is 6. The van der Waals surface area contributed by atoms with Crippen LogP contribution in [0.5, 0.6) is 0 Å². The Morgan fingerprint density at radius 3 is 3.00 bits per heavy atom. The molecule has 0 unspecified atom stereocenters. The molecule has 84 valence electrons. The number of carbonyl (C=O) groups is 1. The molecule has 3 heterocycles. The highest BCUT2D eigenvalue weighted by molar-refractivity contribution is 5.74. The lowest BCUT2D eigenvalue weighted by molar-refractivity contribution is 0.192. The maximum absolute atomic E-state index is 10.7. The van der Waals surface area contributed by atoms with E-state index in [4.69, 9.17) is 5.11 Å². The molecule has 3 aromatic rings. The number of carboxylic acid groups (broad SMARTS) is 1. The van der Waals surface area contributed by atoms with E-state index < -0.39 is 6.09 Å². The number of fused-ring (bicyclic) bond motifs is 1. The lowest BCUT2D eigenvalue weighted by Crippen LogP contribution is -2.09. The Labute approximate surface area is 94.1 Å². The summed E-state index contributed by atoms with van der Waals surface area (Å²) in [5.74, 6) is 0.390. The Kier molecular flexibility index (Phi) is 1.87. The van der Waals surface area contributed by atoms with Gasteiger partial charge in [0.2, 0.25) is 0 Å². The first-order valence-corrected chi connectivity index (χ1v) is 4.70. The number of hydrogen-bond donors (Lipinski definition) is 1. The second-order valence-corrected chi connectivity index (χ2v) is 3.27. The van der Waals surface area contributed by atoms with Crippen molar-refractivity contribution in [3.05, 3.63) is 30.7 Å². The highest BCUT2D eigenvalue weighted by atomic mass is 16.4. The Bertz CT molecular complexity index is 700. The van der Waals surface area contributed by atoms with E-state index in [1.54, 1.807) is 24.5 Å². The maximum atomic E-state index is 10.7. The molecule has 0 saturated carbocycles. The molecule has 0 bridgehead atoms. The van der Waals surface area contributed by atoms with Crippen LogP contribution in [0.25, 0.3) is 16.9 Å². The van der Waals surface area contributed by atoms with Crippen molar-refractivity contribution < 1.29 is 9.90 Å². The number of rotatable bonds is 1. The van der Waals surface area contributed by atoms with E-state index in [1.807, 2.05) is 0 Å². The minimum atomic E-state index is -1.15. The second-order valence-electron chi connectivity index (χ2n) is 3.27. The predicted octanol–water partition coefficient (Wildman–Crippen LogP) is 0.538. The van der Waals surface area contributed by atoms with Gasteiger partial charge in [0.1, 0.15) is 5.52 Å². The molecule has 0 atom stereocenters. The van der Waals surface area contributed by atoms with Crippen molar-refractivity contribution in [2.24, 2.45) is 0 Å². The van der Waals surface area contributed by atoms with Crippen molar-refractivity contribution in [1.82, 2.24) is 29.8 Å². The third-order valence-corrected chi connectivity index (χ3v) is 2.24. The molecule has 3 rings (SSSR count). The third-order valence-electron chi connectivity index (χ3n) is 2.24. The molecule has 0 aliphatic heterocycles. The average Bonchev–Trinajstić information content (AvgIpc) is 2.95. The zero-order valence-corrected chi connectivity index (χ0v) is 8.43. The van der Waals surface area contributed by atoms with Gasteiger partial charge in [0, 0.05) is 18.5 Å². The zero-order valence-electron chi connectivity index (χ0n) is 8.43. The van der Waals surface area contributed by atoms with E-state index in [9.17, 15) is 4.79 Å². The lowest BCUT2D eigenvalue weighted by atomic mass is 10.4. The van der Waals surface area contributed by atoms with Crippen molar-refractivity contribution in [2.45, 2.75) is 0 Å². The second kappa shape index (κ2) is 3.37. The molecule has 0 aliphatic rings. The van der Waals surface area contributed by atoms with Crippen LogP contribution in [0.15, 0.2) is 30.7 Å². The van der Waals surface area contributed by atoms with Gasteiger partial charge in [-0.3, -0.25) is 4.98 Å². The van der Waals surface area contributed by atoms with Crippen LogP contribution < -0.4 is 0 Å². The summed E-state index contributed by atoms with van der Waals surface area (Å²) in [6.07, 6.45) is 3.37. The molecule has 0 radical (unpaired) electrons. The quantitative estimate of drug-likeness (QED) is 0.654. The summed E-state index contributed by atoms with van der Waals surface area (Å²) >= 11 is 0. The monoisotopic (exact) mass is 230 g/mol. The Morgan fingerprint density at radius 1 is 1.35 bits per heavy atom. The summed E-state index contributed by atoms with van der Waals surface area (Å²) in [4.78, 5) is 14.6. The van der Waals surface area contributed by atoms with Crippen LogP contribution in [0.4, 0.5) is 4.79 Å². The van der Waals surface area contributed by atoms with Gasteiger partial charge < -0.3 is 5.11 Å². The van der Waals surface area contributed by atoms with Crippen LogP contribution in [0.1, 0.15) is 0 Å². The van der Waals surface area contributed by atoms with Gasteiger partial charge in [0.15, 0.2) is 5.82 Å². The zero-order chi connectivity index (χ0) is 11.8. The molecule has 0 fully saturated rings. The van der Waals surface area contributed by atoms with E-state index in [0.717, 1.165) is 10.2 Å². The van der Waals surface area contributed by atoms with E-state index in [1.165, 1.54) is 10.9 Å². The topological polar surface area (TPSA) is 98.7 Å².